The number of halogens is 2. The zero-order valence-corrected chi connectivity index (χ0v) is 21.4. The zero-order chi connectivity index (χ0) is 25.0. The number of benzene rings is 2. The van der Waals surface area contributed by atoms with Gasteiger partial charge in [0.25, 0.3) is 11.7 Å². The molecule has 1 N–H and O–H groups in total. The Bertz CT molecular complexity index is 1080. The Hall–Kier alpha value is -2.54. The van der Waals surface area contributed by atoms with Crippen LogP contribution in [0.2, 0.25) is 10.0 Å². The lowest BCUT2D eigenvalue weighted by molar-refractivity contribution is -0.139. The second-order valence-electron chi connectivity index (χ2n) is 9.05. The van der Waals surface area contributed by atoms with Gasteiger partial charge in [0, 0.05) is 12.1 Å². The van der Waals surface area contributed by atoms with Gasteiger partial charge in [-0.1, -0.05) is 43.1 Å². The number of Topliss-reactive ketones (excluding diaryl/α,β-unsaturated/α-hetero) is 1. The van der Waals surface area contributed by atoms with E-state index in [4.69, 9.17) is 27.9 Å². The summed E-state index contributed by atoms with van der Waals surface area (Å²) in [5.74, 6) is -0.565. The maximum absolute atomic E-state index is 13.1. The smallest absolute Gasteiger partial charge is 0.295 e. The van der Waals surface area contributed by atoms with E-state index in [1.54, 1.807) is 42.5 Å². The van der Waals surface area contributed by atoms with Crippen molar-refractivity contribution in [1.82, 2.24) is 9.80 Å². The molecule has 1 saturated heterocycles. The molecule has 0 radical (unpaired) electrons. The zero-order valence-electron chi connectivity index (χ0n) is 19.8. The molecule has 1 fully saturated rings. The molecule has 0 spiro atoms. The van der Waals surface area contributed by atoms with Crippen LogP contribution >= 0.6 is 23.2 Å². The Balaban J connectivity index is 2.02. The van der Waals surface area contributed by atoms with Crippen LogP contribution in [0.25, 0.3) is 5.76 Å². The number of likely N-dealkylation sites (tertiary alicyclic amines) is 1. The number of hydrogen-bond acceptors (Lipinski definition) is 5. The highest BCUT2D eigenvalue weighted by Gasteiger charge is 2.45. The van der Waals surface area contributed by atoms with Crippen molar-refractivity contribution in [3.05, 3.63) is 69.2 Å². The fraction of sp³-hybridized carbons (Fsp3) is 0.385. The van der Waals surface area contributed by atoms with Crippen LogP contribution in [0, 0.1) is 5.92 Å². The first kappa shape index (κ1) is 26.1. The first-order valence-electron chi connectivity index (χ1n) is 11.2. The van der Waals surface area contributed by atoms with Gasteiger partial charge in [-0.25, -0.2) is 0 Å². The summed E-state index contributed by atoms with van der Waals surface area (Å²) in [5, 5.41) is 11.9. The van der Waals surface area contributed by atoms with E-state index in [0.29, 0.717) is 52.4 Å². The van der Waals surface area contributed by atoms with Crippen molar-refractivity contribution in [2.24, 2.45) is 5.92 Å². The molecule has 0 aliphatic carbocycles. The summed E-state index contributed by atoms with van der Waals surface area (Å²) in [7, 11) is 3.89. The molecule has 0 saturated carbocycles. The molecule has 2 aromatic carbocycles. The maximum Gasteiger partial charge on any atom is 0.295 e. The first-order chi connectivity index (χ1) is 16.1. The van der Waals surface area contributed by atoms with Crippen LogP contribution in [0.3, 0.4) is 0 Å². The lowest BCUT2D eigenvalue weighted by atomic mass is 9.95. The molecule has 0 unspecified atom stereocenters. The average Bonchev–Trinajstić information content (AvgIpc) is 3.04. The summed E-state index contributed by atoms with van der Waals surface area (Å²) in [4.78, 5) is 29.6. The van der Waals surface area contributed by atoms with Crippen LogP contribution in [0.4, 0.5) is 0 Å². The van der Waals surface area contributed by atoms with Crippen LogP contribution in [0.5, 0.6) is 5.75 Å². The highest BCUT2D eigenvalue weighted by atomic mass is 35.5. The van der Waals surface area contributed by atoms with Crippen molar-refractivity contribution in [1.29, 1.82) is 0 Å². The third-order valence-corrected chi connectivity index (χ3v) is 6.25. The van der Waals surface area contributed by atoms with Gasteiger partial charge >= 0.3 is 0 Å². The summed E-state index contributed by atoms with van der Waals surface area (Å²) in [6, 6.07) is 11.0. The molecule has 3 rings (SSSR count). The van der Waals surface area contributed by atoms with Crippen LogP contribution in [-0.4, -0.2) is 60.4 Å². The third-order valence-electron chi connectivity index (χ3n) is 5.51. The van der Waals surface area contributed by atoms with Crippen molar-refractivity contribution < 1.29 is 19.4 Å². The molecule has 34 heavy (non-hydrogen) atoms. The lowest BCUT2D eigenvalue weighted by Crippen LogP contribution is -2.32. The number of ether oxygens (including phenoxy) is 1. The van der Waals surface area contributed by atoms with Gasteiger partial charge in [0.05, 0.1) is 28.3 Å². The summed E-state index contributed by atoms with van der Waals surface area (Å²) < 4.78 is 5.70. The van der Waals surface area contributed by atoms with Gasteiger partial charge in [-0.2, -0.15) is 0 Å². The van der Waals surface area contributed by atoms with E-state index in [1.165, 1.54) is 4.90 Å². The number of amides is 1. The number of ketones is 1. The molecule has 182 valence electrons. The number of aliphatic hydroxyl groups is 1. The van der Waals surface area contributed by atoms with E-state index in [0.717, 1.165) is 6.54 Å². The third kappa shape index (κ3) is 5.93. The SMILES string of the molecule is CC(C)COc1ccc(/C(O)=C2\C(=O)C(=O)N(CCCN(C)C)[C@H]2c2ccc(Cl)c(Cl)c2)cc1. The standard InChI is InChI=1S/C26H30Cl2N2O4/c1-16(2)15-34-19-9-6-17(7-10-19)24(31)22-23(18-8-11-20(27)21(28)14-18)30(26(33)25(22)32)13-5-12-29(3)4/h6-11,14,16,23,31H,5,12-13,15H2,1-4H3/b24-22+/t23-/m0/s1. The Kier molecular flexibility index (Phi) is 8.63. The molecular weight excluding hydrogens is 475 g/mol. The minimum atomic E-state index is -0.770. The van der Waals surface area contributed by atoms with Gasteiger partial charge in [0.1, 0.15) is 11.5 Å². The van der Waals surface area contributed by atoms with Crippen LogP contribution < -0.4 is 4.74 Å². The normalized spacial score (nSPS) is 17.8. The number of aliphatic hydroxyl groups excluding tert-OH is 1. The minimum absolute atomic E-state index is 0.0316. The highest BCUT2D eigenvalue weighted by molar-refractivity contribution is 6.46. The van der Waals surface area contributed by atoms with Crippen LogP contribution in [0.15, 0.2) is 48.0 Å². The maximum atomic E-state index is 13.1. The predicted octanol–water partition coefficient (Wildman–Crippen LogP) is 5.40. The van der Waals surface area contributed by atoms with Crippen LogP contribution in [-0.2, 0) is 9.59 Å². The summed E-state index contributed by atoms with van der Waals surface area (Å²) >= 11 is 12.3. The number of hydrogen-bond donors (Lipinski definition) is 1. The largest absolute Gasteiger partial charge is 0.507 e. The monoisotopic (exact) mass is 504 g/mol. The molecule has 1 amide bonds. The second kappa shape index (κ2) is 11.3. The Morgan fingerprint density at radius 3 is 2.35 bits per heavy atom. The van der Waals surface area contributed by atoms with Crippen molar-refractivity contribution in [2.75, 3.05) is 33.8 Å². The van der Waals surface area contributed by atoms with Gasteiger partial charge in [-0.15, -0.1) is 0 Å². The van der Waals surface area contributed by atoms with E-state index >= 15 is 0 Å². The molecule has 0 aromatic heterocycles. The van der Waals surface area contributed by atoms with Gasteiger partial charge < -0.3 is 19.6 Å². The van der Waals surface area contributed by atoms with E-state index in [9.17, 15) is 14.7 Å². The summed E-state index contributed by atoms with van der Waals surface area (Å²) in [5.41, 5.74) is 1.06. The van der Waals surface area contributed by atoms with E-state index in [1.807, 2.05) is 19.0 Å². The molecule has 1 atom stereocenters. The predicted molar refractivity (Wildman–Crippen MR) is 135 cm³/mol. The van der Waals surface area contributed by atoms with Crippen molar-refractivity contribution in [3.8, 4) is 5.75 Å². The van der Waals surface area contributed by atoms with Crippen molar-refractivity contribution >= 4 is 40.7 Å². The number of carbonyl (C=O) groups is 2. The average molecular weight is 505 g/mol. The lowest BCUT2D eigenvalue weighted by Gasteiger charge is -2.26. The Morgan fingerprint density at radius 2 is 1.76 bits per heavy atom. The van der Waals surface area contributed by atoms with Gasteiger partial charge in [-0.3, -0.25) is 9.59 Å². The molecule has 1 aliphatic rings. The first-order valence-corrected chi connectivity index (χ1v) is 12.0. The van der Waals surface area contributed by atoms with E-state index in [-0.39, 0.29) is 11.3 Å². The molecule has 2 aromatic rings. The Labute approximate surface area is 210 Å². The minimum Gasteiger partial charge on any atom is -0.507 e. The number of carbonyl (C=O) groups excluding carboxylic acids is 2. The molecule has 0 bridgehead atoms. The molecular formula is C26H30Cl2N2O4. The molecule has 1 aliphatic heterocycles. The topological polar surface area (TPSA) is 70.1 Å². The molecule has 6 nitrogen and oxygen atoms in total. The molecule has 1 heterocycles. The number of rotatable bonds is 9. The summed E-state index contributed by atoms with van der Waals surface area (Å²) in [6.45, 7) is 5.78. The van der Waals surface area contributed by atoms with Crippen LogP contribution in [0.1, 0.15) is 37.4 Å². The second-order valence-corrected chi connectivity index (χ2v) is 9.87. The molecule has 8 heteroatoms. The van der Waals surface area contributed by atoms with Crippen molar-refractivity contribution in [2.45, 2.75) is 26.3 Å². The Morgan fingerprint density at radius 1 is 1.09 bits per heavy atom. The fourth-order valence-corrected chi connectivity index (χ4v) is 4.13. The number of nitrogens with zero attached hydrogens (tertiary/aromatic N) is 2. The fourth-order valence-electron chi connectivity index (χ4n) is 3.82. The van der Waals surface area contributed by atoms with E-state index < -0.39 is 17.7 Å². The van der Waals surface area contributed by atoms with E-state index in [2.05, 4.69) is 13.8 Å². The van der Waals surface area contributed by atoms with Gasteiger partial charge in [0.15, 0.2) is 0 Å². The summed E-state index contributed by atoms with van der Waals surface area (Å²) in [6.07, 6.45) is 0.666. The van der Waals surface area contributed by atoms with Crippen molar-refractivity contribution in [3.63, 3.8) is 0 Å². The quantitative estimate of drug-likeness (QED) is 0.281. The van der Waals surface area contributed by atoms with Gasteiger partial charge in [-0.05, 0) is 74.9 Å². The highest BCUT2D eigenvalue weighted by Crippen LogP contribution is 2.41. The van der Waals surface area contributed by atoms with Gasteiger partial charge in [0.2, 0.25) is 0 Å².